The number of ketones is 1. The highest BCUT2D eigenvalue weighted by molar-refractivity contribution is 7.80. The van der Waals surface area contributed by atoms with Crippen LogP contribution < -0.4 is 10.6 Å². The van der Waals surface area contributed by atoms with Gasteiger partial charge in [-0.2, -0.15) is 5.26 Å². The average molecular weight is 321 g/mol. The lowest BCUT2D eigenvalue weighted by Crippen LogP contribution is -2.70. The van der Waals surface area contributed by atoms with E-state index >= 15 is 0 Å². The number of carbonyl (C=O) groups is 3. The van der Waals surface area contributed by atoms with Crippen LogP contribution in [-0.2, 0) is 14.3 Å². The first-order chi connectivity index (χ1) is 10.4. The molecule has 0 saturated carbocycles. The largest absolute Gasteiger partial charge is 0.467 e. The van der Waals surface area contributed by atoms with Crippen LogP contribution in [0.15, 0.2) is 22.8 Å². The first-order valence-corrected chi connectivity index (χ1v) is 6.53. The number of methoxy groups -OCH3 is 1. The maximum absolute atomic E-state index is 12.2. The Hall–Kier alpha value is -2.73. The summed E-state index contributed by atoms with van der Waals surface area (Å²) >= 11 is 4.86. The quantitative estimate of drug-likeness (QED) is 0.448. The Morgan fingerprint density at radius 2 is 2.32 bits per heavy atom. The molecular weight excluding hydrogens is 310 g/mol. The zero-order valence-electron chi connectivity index (χ0n) is 11.4. The van der Waals surface area contributed by atoms with Gasteiger partial charge >= 0.3 is 5.97 Å². The Morgan fingerprint density at radius 1 is 1.59 bits per heavy atom. The van der Waals surface area contributed by atoms with E-state index in [1.807, 2.05) is 0 Å². The zero-order chi connectivity index (χ0) is 16.3. The molecule has 9 heteroatoms. The van der Waals surface area contributed by atoms with E-state index in [0.717, 1.165) is 7.11 Å². The highest BCUT2D eigenvalue weighted by Crippen LogP contribution is 2.28. The van der Waals surface area contributed by atoms with Crippen molar-refractivity contribution in [2.45, 2.75) is 12.0 Å². The minimum atomic E-state index is -1.90. The van der Waals surface area contributed by atoms with E-state index in [9.17, 15) is 19.6 Å². The number of nitriles is 1. The van der Waals surface area contributed by atoms with Gasteiger partial charge in [0.1, 0.15) is 0 Å². The van der Waals surface area contributed by atoms with Crippen molar-refractivity contribution in [1.82, 2.24) is 10.6 Å². The van der Waals surface area contributed by atoms with E-state index in [2.05, 4.69) is 15.4 Å². The Kier molecular flexibility index (Phi) is 4.23. The van der Waals surface area contributed by atoms with Crippen LogP contribution in [0.4, 0.5) is 0 Å². The summed E-state index contributed by atoms with van der Waals surface area (Å²) in [5, 5.41) is 13.9. The van der Waals surface area contributed by atoms with Gasteiger partial charge in [0.25, 0.3) is 0 Å². The summed E-state index contributed by atoms with van der Waals surface area (Å²) in [6.07, 6.45) is 0.782. The normalized spacial score (nSPS) is 23.9. The van der Waals surface area contributed by atoms with Crippen molar-refractivity contribution in [2.75, 3.05) is 7.11 Å². The molecule has 0 aliphatic carbocycles. The van der Waals surface area contributed by atoms with Crippen LogP contribution in [0.5, 0.6) is 0 Å². The maximum Gasteiger partial charge on any atom is 0.334 e. The minimum Gasteiger partial charge on any atom is -0.467 e. The van der Waals surface area contributed by atoms with E-state index in [1.54, 1.807) is 6.07 Å². The number of ether oxygens (including phenoxy) is 1. The fourth-order valence-corrected chi connectivity index (χ4v) is 2.51. The number of nitrogens with one attached hydrogen (secondary N) is 2. The molecule has 1 aliphatic heterocycles. The molecule has 1 fully saturated rings. The summed E-state index contributed by atoms with van der Waals surface area (Å²) < 4.78 is 9.64. The van der Waals surface area contributed by atoms with Gasteiger partial charge in [-0.25, -0.2) is 4.79 Å². The van der Waals surface area contributed by atoms with Crippen LogP contribution in [0.3, 0.4) is 0 Å². The SMILES string of the molecule is COC(=O)[C@]1(CC(=O)c2ccco2)NC(=S)NC(=O)[C@@H]1C#N. The first-order valence-electron chi connectivity index (χ1n) is 6.12. The Morgan fingerprint density at radius 3 is 2.86 bits per heavy atom. The van der Waals surface area contributed by atoms with Gasteiger partial charge in [-0.05, 0) is 24.4 Å². The predicted octanol–water partition coefficient (Wildman–Crippen LogP) is -0.0917. The third-order valence-electron chi connectivity index (χ3n) is 3.24. The van der Waals surface area contributed by atoms with Crippen LogP contribution in [0.2, 0.25) is 0 Å². The molecule has 1 aromatic heterocycles. The van der Waals surface area contributed by atoms with Crippen molar-refractivity contribution in [1.29, 1.82) is 5.26 Å². The summed E-state index contributed by atoms with van der Waals surface area (Å²) in [6.45, 7) is 0. The Balaban J connectivity index is 2.45. The topological polar surface area (TPSA) is 121 Å². The van der Waals surface area contributed by atoms with Crippen LogP contribution in [0, 0.1) is 17.2 Å². The van der Waals surface area contributed by atoms with E-state index in [1.165, 1.54) is 18.4 Å². The molecule has 1 amide bonds. The molecule has 114 valence electrons. The van der Waals surface area contributed by atoms with Crippen molar-refractivity contribution in [3.05, 3.63) is 24.2 Å². The lowest BCUT2D eigenvalue weighted by molar-refractivity contribution is -0.152. The van der Waals surface area contributed by atoms with Crippen molar-refractivity contribution in [3.8, 4) is 6.07 Å². The van der Waals surface area contributed by atoms with Crippen LogP contribution in [-0.4, -0.2) is 35.4 Å². The molecule has 0 radical (unpaired) electrons. The number of rotatable bonds is 4. The van der Waals surface area contributed by atoms with E-state index < -0.39 is 35.5 Å². The van der Waals surface area contributed by atoms with Crippen molar-refractivity contribution >= 4 is 35.0 Å². The van der Waals surface area contributed by atoms with Gasteiger partial charge in [0.05, 0.1) is 25.9 Å². The number of thiocarbonyl (C=S) groups is 1. The monoisotopic (exact) mass is 321 g/mol. The van der Waals surface area contributed by atoms with Crippen LogP contribution >= 0.6 is 12.2 Å². The van der Waals surface area contributed by atoms with Gasteiger partial charge in [-0.15, -0.1) is 0 Å². The van der Waals surface area contributed by atoms with Gasteiger partial charge < -0.3 is 19.8 Å². The third-order valence-corrected chi connectivity index (χ3v) is 3.45. The number of hydrogen-bond donors (Lipinski definition) is 2. The molecule has 2 atom stereocenters. The van der Waals surface area contributed by atoms with Gasteiger partial charge in [0, 0.05) is 0 Å². The number of Topliss-reactive ketones (excluding diaryl/α,β-unsaturated/α-hetero) is 1. The second-order valence-corrected chi connectivity index (χ2v) is 4.95. The minimum absolute atomic E-state index is 0.00123. The molecule has 1 aromatic rings. The number of carbonyl (C=O) groups excluding carboxylic acids is 3. The van der Waals surface area contributed by atoms with E-state index in [0.29, 0.717) is 0 Å². The molecule has 2 heterocycles. The fraction of sp³-hybridized carbons (Fsp3) is 0.308. The smallest absolute Gasteiger partial charge is 0.334 e. The molecule has 1 saturated heterocycles. The summed E-state index contributed by atoms with van der Waals surface area (Å²) in [4.78, 5) is 36.4. The lowest BCUT2D eigenvalue weighted by atomic mass is 9.78. The summed E-state index contributed by atoms with van der Waals surface area (Å²) in [7, 11) is 1.09. The van der Waals surface area contributed by atoms with Gasteiger partial charge in [0.15, 0.2) is 22.3 Å². The number of furan rings is 1. The molecular formula is C13H11N3O5S. The highest BCUT2D eigenvalue weighted by Gasteiger charge is 2.55. The maximum atomic E-state index is 12.2. The zero-order valence-corrected chi connectivity index (χ0v) is 12.2. The molecule has 2 rings (SSSR count). The fourth-order valence-electron chi connectivity index (χ4n) is 2.23. The van der Waals surface area contributed by atoms with Crippen molar-refractivity contribution in [2.24, 2.45) is 5.92 Å². The van der Waals surface area contributed by atoms with Gasteiger partial charge in [0.2, 0.25) is 11.7 Å². The number of nitrogens with zero attached hydrogens (tertiary/aromatic N) is 1. The van der Waals surface area contributed by atoms with Gasteiger partial charge in [-0.1, -0.05) is 0 Å². The molecule has 8 nitrogen and oxygen atoms in total. The molecule has 22 heavy (non-hydrogen) atoms. The average Bonchev–Trinajstić information content (AvgIpc) is 3.00. The molecule has 0 unspecified atom stereocenters. The summed E-state index contributed by atoms with van der Waals surface area (Å²) in [6, 6.07) is 4.63. The third kappa shape index (κ3) is 2.56. The first kappa shape index (κ1) is 15.7. The predicted molar refractivity (Wildman–Crippen MR) is 75.4 cm³/mol. The molecule has 0 spiro atoms. The standard InChI is InChI=1S/C13H11N3O5S/c1-20-11(19)13(5-8(17)9-3-2-4-21-9)7(6-14)10(18)15-12(22)16-13/h2-4,7H,5H2,1H3,(H2,15,16,18,22)/t7-,13+/m0/s1. The number of esters is 1. The molecule has 2 N–H and O–H groups in total. The summed E-state index contributed by atoms with van der Waals surface area (Å²) in [5.41, 5.74) is -1.90. The Bertz CT molecular complexity index is 678. The highest BCUT2D eigenvalue weighted by atomic mass is 32.1. The number of amides is 1. The molecule has 1 aliphatic rings. The van der Waals surface area contributed by atoms with Gasteiger partial charge in [-0.3, -0.25) is 9.59 Å². The van der Waals surface area contributed by atoms with E-state index in [4.69, 9.17) is 16.6 Å². The van der Waals surface area contributed by atoms with Crippen molar-refractivity contribution < 1.29 is 23.5 Å². The van der Waals surface area contributed by atoms with Crippen LogP contribution in [0.1, 0.15) is 17.0 Å². The van der Waals surface area contributed by atoms with E-state index in [-0.39, 0.29) is 10.9 Å². The lowest BCUT2D eigenvalue weighted by Gasteiger charge is -2.38. The molecule has 0 aromatic carbocycles. The molecule has 0 bridgehead atoms. The van der Waals surface area contributed by atoms with Crippen LogP contribution in [0.25, 0.3) is 0 Å². The number of hydrogen-bond acceptors (Lipinski definition) is 7. The summed E-state index contributed by atoms with van der Waals surface area (Å²) in [5.74, 6) is -3.76. The van der Waals surface area contributed by atoms with Crippen molar-refractivity contribution in [3.63, 3.8) is 0 Å². The Labute approximate surface area is 130 Å². The second-order valence-electron chi connectivity index (χ2n) is 4.55. The second kappa shape index (κ2) is 5.95.